The van der Waals surface area contributed by atoms with Crippen molar-refractivity contribution in [2.45, 2.75) is 45.3 Å². The minimum Gasteiger partial charge on any atom is -0.500 e. The zero-order chi connectivity index (χ0) is 19.2. The number of ketones is 1. The highest BCUT2D eigenvalue weighted by Crippen LogP contribution is 2.33. The van der Waals surface area contributed by atoms with Crippen LogP contribution in [0.3, 0.4) is 0 Å². The molecule has 1 aromatic heterocycles. The summed E-state index contributed by atoms with van der Waals surface area (Å²) in [6.45, 7) is 6.90. The van der Waals surface area contributed by atoms with Gasteiger partial charge >= 0.3 is 6.09 Å². The maximum absolute atomic E-state index is 12.7. The molecule has 0 saturated heterocycles. The van der Waals surface area contributed by atoms with Crippen molar-refractivity contribution in [3.63, 3.8) is 0 Å². The lowest BCUT2D eigenvalue weighted by Crippen LogP contribution is -2.40. The van der Waals surface area contributed by atoms with Gasteiger partial charge < -0.3 is 14.4 Å². The van der Waals surface area contributed by atoms with Crippen molar-refractivity contribution in [2.75, 3.05) is 13.2 Å². The number of fused-ring (bicyclic) bond motifs is 2. The number of carbonyl (C=O) groups excluding carboxylic acids is 2. The molecule has 0 radical (unpaired) electrons. The molecule has 2 aliphatic heterocycles. The fourth-order valence-corrected chi connectivity index (χ4v) is 3.52. The van der Waals surface area contributed by atoms with E-state index < -0.39 is 11.5 Å². The van der Waals surface area contributed by atoms with Crippen LogP contribution in [-0.4, -0.2) is 45.5 Å². The summed E-state index contributed by atoms with van der Waals surface area (Å²) in [7, 11) is 0. The van der Waals surface area contributed by atoms with Crippen LogP contribution < -0.4 is 0 Å². The second-order valence-corrected chi connectivity index (χ2v) is 8.09. The van der Waals surface area contributed by atoms with Gasteiger partial charge in [-0.2, -0.15) is 0 Å². The Morgan fingerprint density at radius 1 is 1.37 bits per heavy atom. The van der Waals surface area contributed by atoms with Gasteiger partial charge in [-0.15, -0.1) is 0 Å². The molecule has 0 fully saturated rings. The summed E-state index contributed by atoms with van der Waals surface area (Å²) in [4.78, 5) is 35.7. The molecule has 1 aromatic rings. The minimum absolute atomic E-state index is 0.0763. The van der Waals surface area contributed by atoms with Gasteiger partial charge in [0.15, 0.2) is 5.78 Å². The quantitative estimate of drug-likeness (QED) is 0.757. The molecule has 2 unspecified atom stereocenters. The molecule has 0 bridgehead atoms. The second kappa shape index (κ2) is 6.48. The molecule has 27 heavy (non-hydrogen) atoms. The molecule has 3 heterocycles. The van der Waals surface area contributed by atoms with Crippen LogP contribution in [0.25, 0.3) is 0 Å². The lowest BCUT2D eigenvalue weighted by Gasteiger charge is -2.31. The number of carbonyl (C=O) groups is 2. The Kier molecular flexibility index (Phi) is 4.25. The van der Waals surface area contributed by atoms with Gasteiger partial charge in [0.05, 0.1) is 30.3 Å². The number of rotatable bonds is 1. The Hall–Kier alpha value is -2.70. The van der Waals surface area contributed by atoms with E-state index in [-0.39, 0.29) is 17.8 Å². The third kappa shape index (κ3) is 3.46. The Bertz CT molecular complexity index is 853. The Morgan fingerprint density at radius 2 is 2.19 bits per heavy atom. The van der Waals surface area contributed by atoms with Gasteiger partial charge in [0.2, 0.25) is 0 Å². The number of amides is 1. The van der Waals surface area contributed by atoms with Crippen LogP contribution in [-0.2, 0) is 27.2 Å². The first-order chi connectivity index (χ1) is 12.8. The summed E-state index contributed by atoms with van der Waals surface area (Å²) >= 11 is 0. The van der Waals surface area contributed by atoms with Gasteiger partial charge in [-0.1, -0.05) is 12.2 Å². The lowest BCUT2D eigenvalue weighted by molar-refractivity contribution is -0.123. The normalized spacial score (nSPS) is 24.0. The standard InChI is InChI=1S/C20H23N3O4/c1-20(2,3)27-19(25)23-7-6-16-13(9-23)8-21-18(22-16)14-5-4-12-10-26-11-15(12)17(14)24/h4-5,8,10,14-15H,6-7,9,11H2,1-3H3. The van der Waals surface area contributed by atoms with Crippen LogP contribution in [0.5, 0.6) is 0 Å². The fraction of sp³-hybridized carbons (Fsp3) is 0.500. The molecule has 7 heteroatoms. The monoisotopic (exact) mass is 369 g/mol. The third-order valence-electron chi connectivity index (χ3n) is 4.90. The molecule has 1 aliphatic carbocycles. The summed E-state index contributed by atoms with van der Waals surface area (Å²) in [5.74, 6) is -0.0654. The van der Waals surface area contributed by atoms with Crippen LogP contribution >= 0.6 is 0 Å². The highest BCUT2D eigenvalue weighted by Gasteiger charge is 2.37. The van der Waals surface area contributed by atoms with E-state index >= 15 is 0 Å². The molecule has 1 amide bonds. The highest BCUT2D eigenvalue weighted by molar-refractivity contribution is 5.93. The van der Waals surface area contributed by atoms with Crippen molar-refractivity contribution in [3.8, 4) is 0 Å². The van der Waals surface area contributed by atoms with Crippen molar-refractivity contribution >= 4 is 11.9 Å². The maximum atomic E-state index is 12.7. The van der Waals surface area contributed by atoms with Crippen molar-refractivity contribution < 1.29 is 19.1 Å². The van der Waals surface area contributed by atoms with Crippen molar-refractivity contribution in [1.29, 1.82) is 0 Å². The van der Waals surface area contributed by atoms with Crippen LogP contribution in [0.4, 0.5) is 4.79 Å². The largest absolute Gasteiger partial charge is 0.500 e. The number of ether oxygens (including phenoxy) is 2. The van der Waals surface area contributed by atoms with E-state index in [1.54, 1.807) is 17.4 Å². The molecule has 142 valence electrons. The Labute approximate surface area is 158 Å². The predicted octanol–water partition coefficient (Wildman–Crippen LogP) is 2.52. The molecule has 0 spiro atoms. The first-order valence-corrected chi connectivity index (χ1v) is 9.18. The molecule has 7 nitrogen and oxygen atoms in total. The van der Waals surface area contributed by atoms with Gasteiger partial charge in [0, 0.05) is 30.3 Å². The van der Waals surface area contributed by atoms with E-state index in [1.165, 1.54) is 0 Å². The second-order valence-electron chi connectivity index (χ2n) is 8.09. The Balaban J connectivity index is 1.51. The van der Waals surface area contributed by atoms with Crippen molar-refractivity contribution in [1.82, 2.24) is 14.9 Å². The molecular weight excluding hydrogens is 346 g/mol. The van der Waals surface area contributed by atoms with Gasteiger partial charge in [-0.3, -0.25) is 4.79 Å². The summed E-state index contributed by atoms with van der Waals surface area (Å²) < 4.78 is 10.7. The molecule has 0 saturated carbocycles. The molecule has 0 N–H and O–H groups in total. The van der Waals surface area contributed by atoms with E-state index in [9.17, 15) is 9.59 Å². The summed E-state index contributed by atoms with van der Waals surface area (Å²) in [6, 6.07) is 0. The summed E-state index contributed by atoms with van der Waals surface area (Å²) in [6.07, 6.45) is 7.43. The smallest absolute Gasteiger partial charge is 0.410 e. The zero-order valence-corrected chi connectivity index (χ0v) is 15.8. The van der Waals surface area contributed by atoms with Crippen LogP contribution in [0.15, 0.2) is 30.2 Å². The molecule has 0 aromatic carbocycles. The Morgan fingerprint density at radius 3 is 2.96 bits per heavy atom. The number of allylic oxidation sites excluding steroid dienone is 2. The van der Waals surface area contributed by atoms with Gasteiger partial charge in [-0.05, 0) is 20.8 Å². The predicted molar refractivity (Wildman–Crippen MR) is 96.8 cm³/mol. The van der Waals surface area contributed by atoms with Crippen molar-refractivity contribution in [3.05, 3.63) is 47.3 Å². The van der Waals surface area contributed by atoms with Gasteiger partial charge in [-0.25, -0.2) is 14.8 Å². The minimum atomic E-state index is -0.525. The van der Waals surface area contributed by atoms with Crippen LogP contribution in [0.2, 0.25) is 0 Å². The van der Waals surface area contributed by atoms with Gasteiger partial charge in [0.1, 0.15) is 18.0 Å². The zero-order valence-electron chi connectivity index (χ0n) is 15.8. The molecular formula is C20H23N3O4. The van der Waals surface area contributed by atoms with E-state index in [2.05, 4.69) is 9.97 Å². The first kappa shape index (κ1) is 17.7. The van der Waals surface area contributed by atoms with E-state index in [0.29, 0.717) is 31.9 Å². The SMILES string of the molecule is CC(C)(C)OC(=O)N1CCc2nc(C3C=CC4=COCC4C3=O)ncc2C1. The average molecular weight is 369 g/mol. The first-order valence-electron chi connectivity index (χ1n) is 9.18. The van der Waals surface area contributed by atoms with E-state index in [4.69, 9.17) is 9.47 Å². The van der Waals surface area contributed by atoms with Crippen molar-refractivity contribution in [2.24, 2.45) is 5.92 Å². The van der Waals surface area contributed by atoms with Crippen LogP contribution in [0, 0.1) is 5.92 Å². The molecule has 2 atom stereocenters. The fourth-order valence-electron chi connectivity index (χ4n) is 3.52. The number of Topliss-reactive ketones (excluding diaryl/α,β-unsaturated/α-hetero) is 1. The molecule has 3 aliphatic rings. The molecule has 4 rings (SSSR count). The third-order valence-corrected chi connectivity index (χ3v) is 4.90. The maximum Gasteiger partial charge on any atom is 0.410 e. The number of aromatic nitrogens is 2. The highest BCUT2D eigenvalue weighted by atomic mass is 16.6. The lowest BCUT2D eigenvalue weighted by atomic mass is 9.83. The topological polar surface area (TPSA) is 81.6 Å². The number of hydrogen-bond donors (Lipinski definition) is 0. The van der Waals surface area contributed by atoms with E-state index in [0.717, 1.165) is 16.8 Å². The average Bonchev–Trinajstić information content (AvgIpc) is 3.09. The van der Waals surface area contributed by atoms with Crippen LogP contribution in [0.1, 0.15) is 43.8 Å². The van der Waals surface area contributed by atoms with Gasteiger partial charge in [0.25, 0.3) is 0 Å². The number of hydrogen-bond acceptors (Lipinski definition) is 6. The number of nitrogens with zero attached hydrogens (tertiary/aromatic N) is 3. The van der Waals surface area contributed by atoms with E-state index in [1.807, 2.05) is 32.9 Å². The summed E-state index contributed by atoms with van der Waals surface area (Å²) in [5, 5.41) is 0. The summed E-state index contributed by atoms with van der Waals surface area (Å²) in [5.41, 5.74) is 2.18.